The molecule has 0 saturated carbocycles. The fraction of sp³-hybridized carbons (Fsp3) is 0.208. The molecule has 2 nitrogen and oxygen atoms in total. The van der Waals surface area contributed by atoms with Crippen molar-refractivity contribution in [1.29, 1.82) is 0 Å². The molecule has 0 bridgehead atoms. The Balaban J connectivity index is 1.70. The van der Waals surface area contributed by atoms with Crippen LogP contribution >= 0.6 is 0 Å². The number of aryl methyl sites for hydroxylation is 1. The standard InChI is InChI=1S/C24H22N2/c1-17-9-11-22-21(14-17)24(19-8-5-13-25-15-19)23-12-10-20(16-26(22)23)18-6-3-2-4-7-18/h2-9,11,13-15,20H,10,12,16H2,1H3. The monoisotopic (exact) mass is 338 g/mol. The van der Waals surface area contributed by atoms with Crippen LogP contribution in [-0.2, 0) is 13.0 Å². The van der Waals surface area contributed by atoms with Crippen molar-refractivity contribution in [3.05, 3.63) is 89.9 Å². The minimum atomic E-state index is 0.586. The highest BCUT2D eigenvalue weighted by Gasteiger charge is 2.26. The SMILES string of the molecule is Cc1ccc2c(c1)c(-c1cccnc1)c1n2CC(c2ccccc2)CC1. The second kappa shape index (κ2) is 6.14. The summed E-state index contributed by atoms with van der Waals surface area (Å²) in [6, 6.07) is 22.0. The second-order valence-corrected chi connectivity index (χ2v) is 7.34. The van der Waals surface area contributed by atoms with Gasteiger partial charge in [-0.1, -0.05) is 48.0 Å². The van der Waals surface area contributed by atoms with Crippen LogP contribution in [0.1, 0.15) is 29.2 Å². The van der Waals surface area contributed by atoms with E-state index in [0.29, 0.717) is 5.92 Å². The lowest BCUT2D eigenvalue weighted by Gasteiger charge is -2.26. The van der Waals surface area contributed by atoms with Gasteiger partial charge in [0.15, 0.2) is 0 Å². The first kappa shape index (κ1) is 15.4. The van der Waals surface area contributed by atoms with Crippen LogP contribution in [-0.4, -0.2) is 9.55 Å². The molecule has 2 aromatic heterocycles. The molecule has 2 heteroatoms. The molecule has 3 heterocycles. The number of pyridine rings is 1. The van der Waals surface area contributed by atoms with Crippen molar-refractivity contribution in [1.82, 2.24) is 9.55 Å². The van der Waals surface area contributed by atoms with Crippen LogP contribution in [0.3, 0.4) is 0 Å². The minimum absolute atomic E-state index is 0.586. The summed E-state index contributed by atoms with van der Waals surface area (Å²) in [5.41, 5.74) is 8.19. The Morgan fingerprint density at radius 1 is 1.00 bits per heavy atom. The summed E-state index contributed by atoms with van der Waals surface area (Å²) < 4.78 is 2.55. The molecule has 0 aliphatic carbocycles. The summed E-state index contributed by atoms with van der Waals surface area (Å²) in [6.07, 6.45) is 6.16. The molecular weight excluding hydrogens is 316 g/mol. The lowest BCUT2D eigenvalue weighted by Crippen LogP contribution is -2.18. The zero-order valence-electron chi connectivity index (χ0n) is 15.0. The maximum absolute atomic E-state index is 4.37. The number of hydrogen-bond donors (Lipinski definition) is 0. The zero-order chi connectivity index (χ0) is 17.5. The molecule has 1 aliphatic rings. The third kappa shape index (κ3) is 2.45. The Bertz CT molecular complexity index is 1060. The van der Waals surface area contributed by atoms with E-state index in [1.54, 1.807) is 0 Å². The number of aromatic nitrogens is 2. The van der Waals surface area contributed by atoms with E-state index in [-0.39, 0.29) is 0 Å². The maximum atomic E-state index is 4.37. The Hall–Kier alpha value is -2.87. The minimum Gasteiger partial charge on any atom is -0.343 e. The van der Waals surface area contributed by atoms with Crippen LogP contribution in [0, 0.1) is 6.92 Å². The van der Waals surface area contributed by atoms with E-state index in [0.717, 1.165) is 13.0 Å². The van der Waals surface area contributed by atoms with Gasteiger partial charge in [0, 0.05) is 52.6 Å². The highest BCUT2D eigenvalue weighted by atomic mass is 15.0. The summed E-state index contributed by atoms with van der Waals surface area (Å²) >= 11 is 0. The molecule has 0 amide bonds. The van der Waals surface area contributed by atoms with Crippen LogP contribution in [0.4, 0.5) is 0 Å². The molecular formula is C24H22N2. The quantitative estimate of drug-likeness (QED) is 0.455. The summed E-state index contributed by atoms with van der Waals surface area (Å²) in [7, 11) is 0. The van der Waals surface area contributed by atoms with Gasteiger partial charge in [0.1, 0.15) is 0 Å². The van der Waals surface area contributed by atoms with Crippen LogP contribution in [0.2, 0.25) is 0 Å². The number of benzene rings is 2. The van der Waals surface area contributed by atoms with Gasteiger partial charge in [-0.3, -0.25) is 4.98 Å². The summed E-state index contributed by atoms with van der Waals surface area (Å²) in [5, 5.41) is 1.36. The van der Waals surface area contributed by atoms with Gasteiger partial charge >= 0.3 is 0 Å². The normalized spacial score (nSPS) is 16.6. The van der Waals surface area contributed by atoms with Crippen molar-refractivity contribution >= 4 is 10.9 Å². The van der Waals surface area contributed by atoms with Gasteiger partial charge in [0.2, 0.25) is 0 Å². The van der Waals surface area contributed by atoms with E-state index in [2.05, 4.69) is 71.1 Å². The van der Waals surface area contributed by atoms with E-state index in [4.69, 9.17) is 0 Å². The van der Waals surface area contributed by atoms with Gasteiger partial charge in [-0.25, -0.2) is 0 Å². The predicted molar refractivity (Wildman–Crippen MR) is 107 cm³/mol. The molecule has 1 aliphatic heterocycles. The first-order valence-electron chi connectivity index (χ1n) is 9.38. The first-order chi connectivity index (χ1) is 12.8. The van der Waals surface area contributed by atoms with E-state index in [1.165, 1.54) is 45.3 Å². The Kier molecular flexibility index (Phi) is 3.63. The smallest absolute Gasteiger partial charge is 0.0489 e. The third-order valence-corrected chi connectivity index (χ3v) is 5.68. The van der Waals surface area contributed by atoms with Crippen molar-refractivity contribution in [3.63, 3.8) is 0 Å². The lowest BCUT2D eigenvalue weighted by molar-refractivity contribution is 0.474. The van der Waals surface area contributed by atoms with Gasteiger partial charge in [-0.05, 0) is 43.5 Å². The van der Waals surface area contributed by atoms with Crippen molar-refractivity contribution in [2.24, 2.45) is 0 Å². The Labute approximate surface area is 154 Å². The molecule has 1 unspecified atom stereocenters. The van der Waals surface area contributed by atoms with Crippen molar-refractivity contribution in [2.75, 3.05) is 0 Å². The summed E-state index contributed by atoms with van der Waals surface area (Å²) in [5.74, 6) is 0.586. The van der Waals surface area contributed by atoms with Crippen LogP contribution < -0.4 is 0 Å². The average Bonchev–Trinajstić information content (AvgIpc) is 3.02. The maximum Gasteiger partial charge on any atom is 0.0489 e. The van der Waals surface area contributed by atoms with E-state index < -0.39 is 0 Å². The van der Waals surface area contributed by atoms with Crippen molar-refractivity contribution < 1.29 is 0 Å². The van der Waals surface area contributed by atoms with Crippen molar-refractivity contribution in [3.8, 4) is 11.1 Å². The lowest BCUT2D eigenvalue weighted by atomic mass is 9.89. The fourth-order valence-corrected chi connectivity index (χ4v) is 4.44. The summed E-state index contributed by atoms with van der Waals surface area (Å²) in [6.45, 7) is 3.23. The van der Waals surface area contributed by atoms with E-state index in [1.807, 2.05) is 18.5 Å². The molecule has 0 N–H and O–H groups in total. The first-order valence-corrected chi connectivity index (χ1v) is 9.38. The molecule has 4 aromatic rings. The largest absolute Gasteiger partial charge is 0.343 e. The second-order valence-electron chi connectivity index (χ2n) is 7.34. The molecule has 0 spiro atoms. The number of hydrogen-bond acceptors (Lipinski definition) is 1. The van der Waals surface area contributed by atoms with Gasteiger partial charge < -0.3 is 4.57 Å². The Morgan fingerprint density at radius 3 is 2.69 bits per heavy atom. The molecule has 1 atom stereocenters. The molecule has 2 aromatic carbocycles. The predicted octanol–water partition coefficient (Wildman–Crippen LogP) is 5.74. The molecule has 0 saturated heterocycles. The molecule has 0 fully saturated rings. The average molecular weight is 338 g/mol. The number of rotatable bonds is 2. The van der Waals surface area contributed by atoms with Gasteiger partial charge in [0.25, 0.3) is 0 Å². The molecule has 128 valence electrons. The fourth-order valence-electron chi connectivity index (χ4n) is 4.44. The van der Waals surface area contributed by atoms with Crippen LogP contribution in [0.5, 0.6) is 0 Å². The third-order valence-electron chi connectivity index (χ3n) is 5.68. The number of fused-ring (bicyclic) bond motifs is 3. The topological polar surface area (TPSA) is 17.8 Å². The van der Waals surface area contributed by atoms with Gasteiger partial charge in [-0.15, -0.1) is 0 Å². The summed E-state index contributed by atoms with van der Waals surface area (Å²) in [4.78, 5) is 4.37. The highest BCUT2D eigenvalue weighted by Crippen LogP contribution is 2.41. The van der Waals surface area contributed by atoms with Gasteiger partial charge in [0.05, 0.1) is 0 Å². The zero-order valence-corrected chi connectivity index (χ0v) is 15.0. The van der Waals surface area contributed by atoms with Crippen molar-refractivity contribution in [2.45, 2.75) is 32.2 Å². The molecule has 5 rings (SSSR count). The van der Waals surface area contributed by atoms with Crippen LogP contribution in [0.25, 0.3) is 22.0 Å². The Morgan fingerprint density at radius 2 is 1.88 bits per heavy atom. The van der Waals surface area contributed by atoms with E-state index >= 15 is 0 Å². The molecule has 26 heavy (non-hydrogen) atoms. The van der Waals surface area contributed by atoms with Gasteiger partial charge in [-0.2, -0.15) is 0 Å². The highest BCUT2D eigenvalue weighted by molar-refractivity contribution is 5.98. The van der Waals surface area contributed by atoms with Crippen LogP contribution in [0.15, 0.2) is 73.1 Å². The van der Waals surface area contributed by atoms with E-state index in [9.17, 15) is 0 Å². The molecule has 0 radical (unpaired) electrons. The number of nitrogens with zero attached hydrogens (tertiary/aromatic N) is 2.